The SMILES string of the molecule is O=C(O)C(F)c1scc2c1OCCO2. The van der Waals surface area contributed by atoms with Gasteiger partial charge < -0.3 is 14.6 Å². The van der Waals surface area contributed by atoms with E-state index in [0.717, 1.165) is 11.3 Å². The summed E-state index contributed by atoms with van der Waals surface area (Å²) < 4.78 is 23.5. The van der Waals surface area contributed by atoms with Gasteiger partial charge in [0.15, 0.2) is 11.5 Å². The van der Waals surface area contributed by atoms with Crippen molar-refractivity contribution in [1.29, 1.82) is 0 Å². The molecule has 1 aromatic rings. The van der Waals surface area contributed by atoms with Gasteiger partial charge in [0.05, 0.1) is 4.88 Å². The van der Waals surface area contributed by atoms with Crippen molar-refractivity contribution in [3.63, 3.8) is 0 Å². The number of halogens is 1. The minimum atomic E-state index is -2.04. The van der Waals surface area contributed by atoms with Gasteiger partial charge >= 0.3 is 5.97 Å². The van der Waals surface area contributed by atoms with Gasteiger partial charge in [-0.25, -0.2) is 9.18 Å². The van der Waals surface area contributed by atoms with Crippen LogP contribution in [0.4, 0.5) is 4.39 Å². The molecule has 1 aliphatic heterocycles. The molecule has 0 saturated carbocycles. The first-order chi connectivity index (χ1) is 6.70. The van der Waals surface area contributed by atoms with E-state index in [9.17, 15) is 9.18 Å². The van der Waals surface area contributed by atoms with Crippen molar-refractivity contribution in [2.75, 3.05) is 13.2 Å². The molecule has 4 nitrogen and oxygen atoms in total. The molecular weight excluding hydrogens is 211 g/mol. The average Bonchev–Trinajstić information content (AvgIpc) is 2.60. The largest absolute Gasteiger partial charge is 0.485 e. The number of aliphatic carboxylic acids is 1. The molecule has 0 bridgehead atoms. The molecule has 2 heterocycles. The zero-order valence-corrected chi connectivity index (χ0v) is 7.84. The number of hydrogen-bond donors (Lipinski definition) is 1. The van der Waals surface area contributed by atoms with E-state index in [1.165, 1.54) is 0 Å². The van der Waals surface area contributed by atoms with Crippen LogP contribution in [-0.2, 0) is 4.79 Å². The molecule has 1 atom stereocenters. The Bertz CT molecular complexity index is 362. The predicted octanol–water partition coefficient (Wildman–Crippen LogP) is 1.61. The van der Waals surface area contributed by atoms with Crippen molar-refractivity contribution in [3.8, 4) is 11.5 Å². The summed E-state index contributed by atoms with van der Waals surface area (Å²) in [6.07, 6.45) is -2.04. The number of rotatable bonds is 2. The molecule has 0 saturated heterocycles. The highest BCUT2D eigenvalue weighted by atomic mass is 32.1. The van der Waals surface area contributed by atoms with Gasteiger partial charge in [-0.3, -0.25) is 0 Å². The van der Waals surface area contributed by atoms with Crippen molar-refractivity contribution in [3.05, 3.63) is 10.3 Å². The van der Waals surface area contributed by atoms with Crippen LogP contribution < -0.4 is 9.47 Å². The van der Waals surface area contributed by atoms with Gasteiger partial charge in [0, 0.05) is 5.38 Å². The van der Waals surface area contributed by atoms with Gasteiger partial charge in [0.1, 0.15) is 13.2 Å². The second-order valence-corrected chi connectivity index (χ2v) is 3.60. The van der Waals surface area contributed by atoms with E-state index in [4.69, 9.17) is 14.6 Å². The highest BCUT2D eigenvalue weighted by Gasteiger charge is 2.29. The molecule has 1 N–H and O–H groups in total. The number of carboxylic acids is 1. The normalized spacial score (nSPS) is 16.4. The molecule has 0 fully saturated rings. The van der Waals surface area contributed by atoms with E-state index >= 15 is 0 Å². The van der Waals surface area contributed by atoms with Gasteiger partial charge in [0.25, 0.3) is 0 Å². The fourth-order valence-corrected chi connectivity index (χ4v) is 2.07. The van der Waals surface area contributed by atoms with E-state index in [1.807, 2.05) is 0 Å². The standard InChI is InChI=1S/C8H7FO4S/c9-5(8(10)11)7-6-4(3-14-7)12-1-2-13-6/h3,5H,1-2H2,(H,10,11). The molecule has 0 spiro atoms. The molecule has 0 radical (unpaired) electrons. The third-order valence-electron chi connectivity index (χ3n) is 1.77. The molecule has 14 heavy (non-hydrogen) atoms. The number of carboxylic acid groups (broad SMARTS) is 1. The Kier molecular flexibility index (Phi) is 2.28. The second kappa shape index (κ2) is 3.45. The smallest absolute Gasteiger partial charge is 0.344 e. The zero-order chi connectivity index (χ0) is 10.1. The summed E-state index contributed by atoms with van der Waals surface area (Å²) in [5, 5.41) is 10.0. The van der Waals surface area contributed by atoms with Crippen LogP contribution in [0, 0.1) is 0 Å². The summed E-state index contributed by atoms with van der Waals surface area (Å²) >= 11 is 0.996. The second-order valence-electron chi connectivity index (χ2n) is 2.69. The topological polar surface area (TPSA) is 55.8 Å². The minimum Gasteiger partial charge on any atom is -0.485 e. The van der Waals surface area contributed by atoms with Crippen LogP contribution in [-0.4, -0.2) is 24.3 Å². The van der Waals surface area contributed by atoms with Gasteiger partial charge in [-0.15, -0.1) is 11.3 Å². The van der Waals surface area contributed by atoms with Crippen LogP contribution >= 0.6 is 11.3 Å². The van der Waals surface area contributed by atoms with Crippen molar-refractivity contribution in [2.24, 2.45) is 0 Å². The van der Waals surface area contributed by atoms with E-state index in [1.54, 1.807) is 5.38 Å². The third-order valence-corrected chi connectivity index (χ3v) is 2.75. The Labute approximate surface area is 82.9 Å². The molecule has 1 unspecified atom stereocenters. The van der Waals surface area contributed by atoms with Crippen LogP contribution in [0.3, 0.4) is 0 Å². The van der Waals surface area contributed by atoms with E-state index in [0.29, 0.717) is 19.0 Å². The minimum absolute atomic E-state index is 0.0622. The third kappa shape index (κ3) is 1.41. The molecular formula is C8H7FO4S. The van der Waals surface area contributed by atoms with Crippen LogP contribution in [0.2, 0.25) is 0 Å². The maximum atomic E-state index is 13.2. The lowest BCUT2D eigenvalue weighted by molar-refractivity contribution is -0.142. The van der Waals surface area contributed by atoms with Crippen LogP contribution in [0.5, 0.6) is 11.5 Å². The molecule has 6 heteroatoms. The number of ether oxygens (including phenoxy) is 2. The van der Waals surface area contributed by atoms with Crippen LogP contribution in [0.25, 0.3) is 0 Å². The molecule has 76 valence electrons. The maximum Gasteiger partial charge on any atom is 0.344 e. The number of thiophene rings is 1. The Morgan fingerprint density at radius 1 is 1.57 bits per heavy atom. The van der Waals surface area contributed by atoms with Gasteiger partial charge in [0.2, 0.25) is 6.17 Å². The Balaban J connectivity index is 2.34. The predicted molar refractivity (Wildman–Crippen MR) is 46.8 cm³/mol. The number of alkyl halides is 1. The Morgan fingerprint density at radius 3 is 3.00 bits per heavy atom. The maximum absolute atomic E-state index is 13.2. The first-order valence-electron chi connectivity index (χ1n) is 3.94. The lowest BCUT2D eigenvalue weighted by atomic mass is 10.3. The van der Waals surface area contributed by atoms with E-state index in [2.05, 4.69) is 0 Å². The van der Waals surface area contributed by atoms with E-state index in [-0.39, 0.29) is 10.6 Å². The highest BCUT2D eigenvalue weighted by molar-refractivity contribution is 7.10. The molecule has 2 rings (SSSR count). The van der Waals surface area contributed by atoms with E-state index < -0.39 is 12.1 Å². The summed E-state index contributed by atoms with van der Waals surface area (Å²) in [6, 6.07) is 0. The fraction of sp³-hybridized carbons (Fsp3) is 0.375. The monoisotopic (exact) mass is 218 g/mol. The van der Waals surface area contributed by atoms with Gasteiger partial charge in [-0.2, -0.15) is 0 Å². The number of fused-ring (bicyclic) bond motifs is 1. The lowest BCUT2D eigenvalue weighted by Gasteiger charge is -2.16. The molecule has 0 aromatic carbocycles. The quantitative estimate of drug-likeness (QED) is 0.819. The first-order valence-corrected chi connectivity index (χ1v) is 4.82. The van der Waals surface area contributed by atoms with Gasteiger partial charge in [-0.05, 0) is 0 Å². The Hall–Kier alpha value is -1.30. The first kappa shape index (κ1) is 9.26. The highest BCUT2D eigenvalue weighted by Crippen LogP contribution is 2.43. The summed E-state index contributed by atoms with van der Waals surface area (Å²) in [7, 11) is 0. The summed E-state index contributed by atoms with van der Waals surface area (Å²) in [4.78, 5) is 10.5. The van der Waals surface area contributed by atoms with Crippen molar-refractivity contribution < 1.29 is 23.8 Å². The van der Waals surface area contributed by atoms with Crippen molar-refractivity contribution in [1.82, 2.24) is 0 Å². The summed E-state index contributed by atoms with van der Waals surface area (Å²) in [6.45, 7) is 0.732. The summed E-state index contributed by atoms with van der Waals surface area (Å²) in [5.41, 5.74) is 0. The summed E-state index contributed by atoms with van der Waals surface area (Å²) in [5.74, 6) is -0.847. The van der Waals surface area contributed by atoms with Crippen LogP contribution in [0.1, 0.15) is 11.0 Å². The Morgan fingerprint density at radius 2 is 2.29 bits per heavy atom. The lowest BCUT2D eigenvalue weighted by Crippen LogP contribution is -2.16. The zero-order valence-electron chi connectivity index (χ0n) is 7.03. The molecule has 0 amide bonds. The fourth-order valence-electron chi connectivity index (χ4n) is 1.17. The molecule has 1 aliphatic rings. The average molecular weight is 218 g/mol. The number of carbonyl (C=O) groups is 1. The number of hydrogen-bond acceptors (Lipinski definition) is 4. The van der Waals surface area contributed by atoms with Crippen molar-refractivity contribution >= 4 is 17.3 Å². The molecule has 1 aromatic heterocycles. The van der Waals surface area contributed by atoms with Crippen molar-refractivity contribution in [2.45, 2.75) is 6.17 Å². The van der Waals surface area contributed by atoms with Gasteiger partial charge in [-0.1, -0.05) is 0 Å². The molecule has 0 aliphatic carbocycles. The van der Waals surface area contributed by atoms with Crippen LogP contribution in [0.15, 0.2) is 5.38 Å².